The third-order valence-electron chi connectivity index (χ3n) is 1.38. The molecule has 0 aromatic heterocycles. The van der Waals surface area contributed by atoms with E-state index in [0.717, 1.165) is 6.42 Å². The van der Waals surface area contributed by atoms with Crippen LogP contribution in [0.2, 0.25) is 0 Å². The molecule has 0 spiro atoms. The highest BCUT2D eigenvalue weighted by atomic mass is 79.9. The third-order valence-corrected chi connectivity index (χ3v) is 2.30. The maximum Gasteiger partial charge on any atom is 0.317 e. The van der Waals surface area contributed by atoms with Gasteiger partial charge in [-0.25, -0.2) is 0 Å². The predicted molar refractivity (Wildman–Crippen MR) is 50.6 cm³/mol. The molecule has 0 aliphatic rings. The molecule has 0 saturated carbocycles. The number of alkyl halides is 1. The molecule has 5 heteroatoms. The van der Waals surface area contributed by atoms with Crippen molar-refractivity contribution in [2.24, 2.45) is 0 Å². The fourth-order valence-corrected chi connectivity index (χ4v) is 0.674. The van der Waals surface area contributed by atoms with Crippen molar-refractivity contribution in [1.29, 1.82) is 0 Å². The molecule has 0 fully saturated rings. The van der Waals surface area contributed by atoms with Gasteiger partial charge in [-0.1, -0.05) is 22.9 Å². The van der Waals surface area contributed by atoms with Gasteiger partial charge >= 0.3 is 11.9 Å². The van der Waals surface area contributed by atoms with E-state index in [9.17, 15) is 9.59 Å². The molecule has 76 valence electrons. The van der Waals surface area contributed by atoms with Crippen LogP contribution in [-0.2, 0) is 19.1 Å². The molecule has 0 saturated heterocycles. The smallest absolute Gasteiger partial charge is 0.317 e. The number of esters is 2. The summed E-state index contributed by atoms with van der Waals surface area (Å²) in [6, 6.07) is 0. The lowest BCUT2D eigenvalue weighted by Gasteiger charge is -2.07. The zero-order valence-corrected chi connectivity index (χ0v) is 9.30. The van der Waals surface area contributed by atoms with Crippen LogP contribution in [0.15, 0.2) is 0 Å². The van der Waals surface area contributed by atoms with Gasteiger partial charge in [-0.05, 0) is 6.42 Å². The molecule has 4 nitrogen and oxygen atoms in total. The summed E-state index contributed by atoms with van der Waals surface area (Å²) in [5.74, 6) is -1.13. The van der Waals surface area contributed by atoms with Crippen molar-refractivity contribution in [3.63, 3.8) is 0 Å². The average Bonchev–Trinajstić information content (AvgIpc) is 2.13. The van der Waals surface area contributed by atoms with E-state index in [1.54, 1.807) is 0 Å². The molecule has 1 atom stereocenters. The number of hydrogen-bond acceptors (Lipinski definition) is 4. The van der Waals surface area contributed by atoms with E-state index in [0.29, 0.717) is 0 Å². The minimum absolute atomic E-state index is 0.147. The van der Waals surface area contributed by atoms with Crippen molar-refractivity contribution in [2.45, 2.75) is 24.6 Å². The lowest BCUT2D eigenvalue weighted by molar-refractivity contribution is -0.152. The summed E-state index contributed by atoms with van der Waals surface area (Å²) < 4.78 is 9.08. The molecular formula is C8H13BrO4. The Hall–Kier alpha value is -0.580. The molecular weight excluding hydrogens is 240 g/mol. The number of hydrogen-bond donors (Lipinski definition) is 0. The molecule has 0 radical (unpaired) electrons. The van der Waals surface area contributed by atoms with Gasteiger partial charge < -0.3 is 9.47 Å². The molecule has 0 aromatic carbocycles. The number of methoxy groups -OCH3 is 1. The number of ether oxygens (including phenoxy) is 2. The van der Waals surface area contributed by atoms with Gasteiger partial charge in [0.25, 0.3) is 0 Å². The molecule has 0 aromatic rings. The van der Waals surface area contributed by atoms with Crippen LogP contribution >= 0.6 is 15.9 Å². The van der Waals surface area contributed by atoms with Gasteiger partial charge in [0.05, 0.1) is 7.11 Å². The van der Waals surface area contributed by atoms with Crippen LogP contribution in [0.4, 0.5) is 0 Å². The van der Waals surface area contributed by atoms with E-state index < -0.39 is 11.9 Å². The summed E-state index contributed by atoms with van der Waals surface area (Å²) in [6.45, 7) is 2.25. The summed E-state index contributed by atoms with van der Waals surface area (Å²) in [6.07, 6.45) is 0.547. The first kappa shape index (κ1) is 12.4. The standard InChI is InChI=1S/C8H13BrO4/c1-3-6(9)5-13-8(11)4-7(10)12-2/h6H,3-5H2,1-2H3. The normalized spacial score (nSPS) is 11.9. The Balaban J connectivity index is 3.57. The molecule has 0 heterocycles. The van der Waals surface area contributed by atoms with Crippen LogP contribution < -0.4 is 0 Å². The largest absolute Gasteiger partial charge is 0.469 e. The van der Waals surface area contributed by atoms with E-state index in [-0.39, 0.29) is 17.9 Å². The molecule has 0 bridgehead atoms. The third kappa shape index (κ3) is 6.57. The summed E-state index contributed by atoms with van der Waals surface area (Å²) in [5.41, 5.74) is 0. The molecule has 0 amide bonds. The van der Waals surface area contributed by atoms with Crippen LogP contribution in [-0.4, -0.2) is 30.5 Å². The summed E-state index contributed by atoms with van der Waals surface area (Å²) >= 11 is 3.30. The minimum Gasteiger partial charge on any atom is -0.469 e. The Morgan fingerprint density at radius 1 is 1.38 bits per heavy atom. The molecule has 0 N–H and O–H groups in total. The average molecular weight is 253 g/mol. The van der Waals surface area contributed by atoms with Crippen molar-refractivity contribution in [1.82, 2.24) is 0 Å². The van der Waals surface area contributed by atoms with Crippen molar-refractivity contribution in [3.05, 3.63) is 0 Å². The van der Waals surface area contributed by atoms with Crippen molar-refractivity contribution in [3.8, 4) is 0 Å². The highest BCUT2D eigenvalue weighted by Crippen LogP contribution is 2.04. The number of carbonyl (C=O) groups excluding carboxylic acids is 2. The lowest BCUT2D eigenvalue weighted by atomic mass is 10.3. The second kappa shape index (κ2) is 6.88. The van der Waals surface area contributed by atoms with E-state index >= 15 is 0 Å². The van der Waals surface area contributed by atoms with Gasteiger partial charge in [-0.3, -0.25) is 9.59 Å². The Bertz CT molecular complexity index is 181. The molecule has 0 aliphatic carbocycles. The first-order chi connectivity index (χ1) is 6.10. The lowest BCUT2D eigenvalue weighted by Crippen LogP contribution is -2.16. The summed E-state index contributed by atoms with van der Waals surface area (Å²) in [4.78, 5) is 21.6. The van der Waals surface area contributed by atoms with Gasteiger partial charge in [0.15, 0.2) is 0 Å². The first-order valence-electron chi connectivity index (χ1n) is 3.96. The maximum atomic E-state index is 10.9. The van der Waals surface area contributed by atoms with Crippen LogP contribution in [0.5, 0.6) is 0 Å². The number of carbonyl (C=O) groups is 2. The fraction of sp³-hybridized carbons (Fsp3) is 0.750. The first-order valence-corrected chi connectivity index (χ1v) is 4.88. The predicted octanol–water partition coefficient (Wildman–Crippen LogP) is 1.27. The highest BCUT2D eigenvalue weighted by molar-refractivity contribution is 9.09. The SMILES string of the molecule is CCC(Br)COC(=O)CC(=O)OC. The van der Waals surface area contributed by atoms with Crippen LogP contribution in [0.3, 0.4) is 0 Å². The molecule has 0 rings (SSSR count). The van der Waals surface area contributed by atoms with E-state index in [1.165, 1.54) is 7.11 Å². The Kier molecular flexibility index (Phi) is 6.58. The van der Waals surface area contributed by atoms with Gasteiger partial charge in [0.2, 0.25) is 0 Å². The van der Waals surface area contributed by atoms with Crippen molar-refractivity contribution >= 4 is 27.9 Å². The van der Waals surface area contributed by atoms with Crippen LogP contribution in [0.1, 0.15) is 19.8 Å². The van der Waals surface area contributed by atoms with E-state index in [4.69, 9.17) is 4.74 Å². The van der Waals surface area contributed by atoms with E-state index in [1.807, 2.05) is 6.92 Å². The van der Waals surface area contributed by atoms with Crippen LogP contribution in [0.25, 0.3) is 0 Å². The van der Waals surface area contributed by atoms with Gasteiger partial charge in [0.1, 0.15) is 13.0 Å². The van der Waals surface area contributed by atoms with E-state index in [2.05, 4.69) is 20.7 Å². The summed E-state index contributed by atoms with van der Waals surface area (Å²) in [5, 5.41) is 0. The minimum atomic E-state index is -0.576. The molecule has 1 unspecified atom stereocenters. The Morgan fingerprint density at radius 2 is 2.00 bits per heavy atom. The Morgan fingerprint density at radius 3 is 2.46 bits per heavy atom. The van der Waals surface area contributed by atoms with Gasteiger partial charge in [-0.15, -0.1) is 0 Å². The van der Waals surface area contributed by atoms with Crippen molar-refractivity contribution < 1.29 is 19.1 Å². The van der Waals surface area contributed by atoms with Gasteiger partial charge in [0, 0.05) is 4.83 Å². The summed E-state index contributed by atoms with van der Waals surface area (Å²) in [7, 11) is 1.23. The van der Waals surface area contributed by atoms with Crippen LogP contribution in [0, 0.1) is 0 Å². The second-order valence-corrected chi connectivity index (χ2v) is 3.74. The number of rotatable bonds is 5. The monoisotopic (exact) mass is 252 g/mol. The topological polar surface area (TPSA) is 52.6 Å². The maximum absolute atomic E-state index is 10.9. The van der Waals surface area contributed by atoms with Gasteiger partial charge in [-0.2, -0.15) is 0 Å². The Labute approximate surface area is 85.7 Å². The fourth-order valence-electron chi connectivity index (χ4n) is 0.542. The quantitative estimate of drug-likeness (QED) is 0.420. The van der Waals surface area contributed by atoms with Crippen molar-refractivity contribution in [2.75, 3.05) is 13.7 Å². The zero-order chi connectivity index (χ0) is 10.3. The molecule has 13 heavy (non-hydrogen) atoms. The molecule has 0 aliphatic heterocycles. The zero-order valence-electron chi connectivity index (χ0n) is 7.71. The second-order valence-electron chi connectivity index (χ2n) is 2.44. The highest BCUT2D eigenvalue weighted by Gasteiger charge is 2.11. The number of halogens is 1.